The third kappa shape index (κ3) is 2.90. The van der Waals surface area contributed by atoms with Crippen molar-refractivity contribution in [3.8, 4) is 0 Å². The van der Waals surface area contributed by atoms with E-state index in [4.69, 9.17) is 0 Å². The van der Waals surface area contributed by atoms with Crippen LogP contribution in [0.4, 0.5) is 16.0 Å². The van der Waals surface area contributed by atoms with Crippen molar-refractivity contribution in [3.05, 3.63) is 66.0 Å². The Hall–Kier alpha value is -3.28. The van der Waals surface area contributed by atoms with Gasteiger partial charge in [-0.3, -0.25) is 9.69 Å². The molecule has 2 heterocycles. The van der Waals surface area contributed by atoms with E-state index in [2.05, 4.69) is 9.97 Å². The van der Waals surface area contributed by atoms with E-state index in [1.165, 1.54) is 18.2 Å². The molecule has 0 saturated heterocycles. The molecule has 3 aromatic rings. The fourth-order valence-electron chi connectivity index (χ4n) is 2.96. The topological polar surface area (TPSA) is 49.3 Å². The van der Waals surface area contributed by atoms with Crippen molar-refractivity contribution in [2.24, 2.45) is 0 Å². The first-order chi connectivity index (χ1) is 12.6. The quantitative estimate of drug-likeness (QED) is 0.667. The second-order valence-electron chi connectivity index (χ2n) is 6.13. The zero-order valence-electron chi connectivity index (χ0n) is 14.3. The first-order valence-electron chi connectivity index (χ1n) is 8.35. The van der Waals surface area contributed by atoms with Gasteiger partial charge < -0.3 is 4.90 Å². The average Bonchev–Trinajstić information content (AvgIpc) is 2.66. The molecule has 1 aliphatic heterocycles. The summed E-state index contributed by atoms with van der Waals surface area (Å²) in [6.45, 7) is 1.15. The van der Waals surface area contributed by atoms with Gasteiger partial charge in [-0.2, -0.15) is 0 Å². The molecule has 0 spiro atoms. The molecule has 0 atom stereocenters. The lowest BCUT2D eigenvalue weighted by Crippen LogP contribution is -2.43. The van der Waals surface area contributed by atoms with Gasteiger partial charge in [0.25, 0.3) is 5.91 Å². The molecule has 2 aromatic carbocycles. The lowest BCUT2D eigenvalue weighted by Gasteiger charge is -2.33. The van der Waals surface area contributed by atoms with Gasteiger partial charge in [0.1, 0.15) is 5.82 Å². The number of halogens is 1. The van der Waals surface area contributed by atoms with Gasteiger partial charge in [-0.05, 0) is 24.3 Å². The van der Waals surface area contributed by atoms with Gasteiger partial charge in [0, 0.05) is 31.8 Å². The predicted molar refractivity (Wildman–Crippen MR) is 101 cm³/mol. The van der Waals surface area contributed by atoms with Gasteiger partial charge in [-0.1, -0.05) is 30.3 Å². The highest BCUT2D eigenvalue weighted by Gasteiger charge is 2.27. The van der Waals surface area contributed by atoms with Crippen molar-refractivity contribution in [3.63, 3.8) is 0 Å². The lowest BCUT2D eigenvalue weighted by atomic mass is 10.2. The van der Waals surface area contributed by atoms with Crippen molar-refractivity contribution in [1.82, 2.24) is 9.97 Å². The van der Waals surface area contributed by atoms with Gasteiger partial charge in [0.15, 0.2) is 11.6 Å². The zero-order valence-corrected chi connectivity index (χ0v) is 14.3. The Labute approximate surface area is 150 Å². The standard InChI is InChI=1S/C20H17FN4O/c1-24-12-13-25(18(26)11-10-14-6-2-3-7-15(14)21)20-19(24)22-16-8-4-5-9-17(16)23-20/h2-11H,12-13H2,1H3. The number of anilines is 2. The van der Waals surface area contributed by atoms with Crippen LogP contribution in [-0.2, 0) is 4.79 Å². The van der Waals surface area contributed by atoms with Crippen LogP contribution >= 0.6 is 0 Å². The molecule has 26 heavy (non-hydrogen) atoms. The Kier molecular flexibility index (Phi) is 4.08. The minimum Gasteiger partial charge on any atom is -0.355 e. The number of aromatic nitrogens is 2. The smallest absolute Gasteiger partial charge is 0.252 e. The second-order valence-corrected chi connectivity index (χ2v) is 6.13. The lowest BCUT2D eigenvalue weighted by molar-refractivity contribution is -0.114. The number of rotatable bonds is 2. The van der Waals surface area contributed by atoms with E-state index >= 15 is 0 Å². The molecule has 5 nitrogen and oxygen atoms in total. The first-order valence-corrected chi connectivity index (χ1v) is 8.35. The number of hydrogen-bond donors (Lipinski definition) is 0. The summed E-state index contributed by atoms with van der Waals surface area (Å²) in [4.78, 5) is 25.6. The number of amides is 1. The minimum absolute atomic E-state index is 0.243. The molecular formula is C20H17FN4O. The molecule has 1 aliphatic rings. The number of carbonyl (C=O) groups is 1. The van der Waals surface area contributed by atoms with Gasteiger partial charge in [-0.25, -0.2) is 14.4 Å². The Morgan fingerprint density at radius 2 is 1.65 bits per heavy atom. The Morgan fingerprint density at radius 1 is 1.00 bits per heavy atom. The molecule has 0 radical (unpaired) electrons. The predicted octanol–water partition coefficient (Wildman–Crippen LogP) is 3.27. The van der Waals surface area contributed by atoms with Gasteiger partial charge in [-0.15, -0.1) is 0 Å². The number of para-hydroxylation sites is 2. The summed E-state index contributed by atoms with van der Waals surface area (Å²) in [5.74, 6) is 0.594. The van der Waals surface area contributed by atoms with E-state index in [1.54, 1.807) is 23.1 Å². The third-order valence-corrected chi connectivity index (χ3v) is 4.39. The minimum atomic E-state index is -0.360. The molecule has 130 valence electrons. The van der Waals surface area contributed by atoms with E-state index in [0.717, 1.165) is 11.0 Å². The Balaban J connectivity index is 1.70. The monoisotopic (exact) mass is 348 g/mol. The Bertz CT molecular complexity index is 1020. The SMILES string of the molecule is CN1CCN(C(=O)C=Cc2ccccc2F)c2nc3ccccc3nc21. The van der Waals surface area contributed by atoms with Gasteiger partial charge in [0.05, 0.1) is 11.0 Å². The van der Waals surface area contributed by atoms with Crippen LogP contribution in [0.5, 0.6) is 0 Å². The summed E-state index contributed by atoms with van der Waals surface area (Å²) < 4.78 is 13.7. The summed E-state index contributed by atoms with van der Waals surface area (Å²) in [5.41, 5.74) is 1.89. The Morgan fingerprint density at radius 3 is 2.38 bits per heavy atom. The maximum absolute atomic E-state index is 13.7. The van der Waals surface area contributed by atoms with Crippen molar-refractivity contribution in [2.45, 2.75) is 0 Å². The molecule has 6 heteroatoms. The molecule has 4 rings (SSSR count). The van der Waals surface area contributed by atoms with E-state index in [-0.39, 0.29) is 11.7 Å². The second kappa shape index (κ2) is 6.55. The highest BCUT2D eigenvalue weighted by Crippen LogP contribution is 2.30. The summed E-state index contributed by atoms with van der Waals surface area (Å²) >= 11 is 0. The number of fused-ring (bicyclic) bond motifs is 2. The third-order valence-electron chi connectivity index (χ3n) is 4.39. The molecule has 0 N–H and O–H groups in total. The molecule has 0 bridgehead atoms. The van der Waals surface area contributed by atoms with Crippen LogP contribution in [0.1, 0.15) is 5.56 Å². The summed E-state index contributed by atoms with van der Waals surface area (Å²) in [7, 11) is 1.93. The summed E-state index contributed by atoms with van der Waals surface area (Å²) in [6, 6.07) is 13.9. The maximum Gasteiger partial charge on any atom is 0.252 e. The highest BCUT2D eigenvalue weighted by molar-refractivity contribution is 6.05. The molecule has 1 amide bonds. The fourth-order valence-corrected chi connectivity index (χ4v) is 2.96. The van der Waals surface area contributed by atoms with Crippen LogP contribution in [0.25, 0.3) is 17.1 Å². The normalized spacial score (nSPS) is 14.1. The maximum atomic E-state index is 13.7. The molecular weight excluding hydrogens is 331 g/mol. The van der Waals surface area contributed by atoms with E-state index in [0.29, 0.717) is 30.3 Å². The number of likely N-dealkylation sites (N-methyl/N-ethyl adjacent to an activating group) is 1. The van der Waals surface area contributed by atoms with Crippen molar-refractivity contribution in [1.29, 1.82) is 0 Å². The van der Waals surface area contributed by atoms with Crippen LogP contribution in [0.3, 0.4) is 0 Å². The zero-order chi connectivity index (χ0) is 18.1. The number of nitrogens with zero attached hydrogens (tertiary/aromatic N) is 4. The molecule has 1 aromatic heterocycles. The van der Waals surface area contributed by atoms with Crippen LogP contribution in [-0.4, -0.2) is 36.0 Å². The van der Waals surface area contributed by atoms with E-state index in [1.807, 2.05) is 36.2 Å². The molecule has 0 fully saturated rings. The van der Waals surface area contributed by atoms with Crippen LogP contribution in [0.15, 0.2) is 54.6 Å². The van der Waals surface area contributed by atoms with Gasteiger partial charge in [0.2, 0.25) is 0 Å². The molecule has 0 aliphatic carbocycles. The molecule has 0 saturated carbocycles. The van der Waals surface area contributed by atoms with Crippen LogP contribution in [0.2, 0.25) is 0 Å². The largest absolute Gasteiger partial charge is 0.355 e. The molecule has 0 unspecified atom stereocenters. The number of benzene rings is 2. The van der Waals surface area contributed by atoms with E-state index in [9.17, 15) is 9.18 Å². The number of carbonyl (C=O) groups excluding carboxylic acids is 1. The van der Waals surface area contributed by atoms with E-state index < -0.39 is 0 Å². The van der Waals surface area contributed by atoms with Crippen molar-refractivity contribution in [2.75, 3.05) is 29.9 Å². The van der Waals surface area contributed by atoms with Crippen molar-refractivity contribution < 1.29 is 9.18 Å². The summed E-state index contributed by atoms with van der Waals surface area (Å²) in [6.07, 6.45) is 2.87. The first kappa shape index (κ1) is 16.2. The fraction of sp³-hybridized carbons (Fsp3) is 0.150. The van der Waals surface area contributed by atoms with Crippen LogP contribution < -0.4 is 9.80 Å². The van der Waals surface area contributed by atoms with Gasteiger partial charge >= 0.3 is 0 Å². The van der Waals surface area contributed by atoms with Crippen molar-refractivity contribution >= 4 is 34.7 Å². The average molecular weight is 348 g/mol. The number of hydrogen-bond acceptors (Lipinski definition) is 4. The van der Waals surface area contributed by atoms with Crippen LogP contribution in [0, 0.1) is 5.82 Å². The summed E-state index contributed by atoms with van der Waals surface area (Å²) in [5, 5.41) is 0. The highest BCUT2D eigenvalue weighted by atomic mass is 19.1.